The first-order chi connectivity index (χ1) is 7.33. The molecule has 0 aliphatic heterocycles. The highest BCUT2D eigenvalue weighted by molar-refractivity contribution is 7.05. The number of nitrogens with one attached hydrogen (secondary N) is 1. The second kappa shape index (κ2) is 5.03. The molecule has 15 heavy (non-hydrogen) atoms. The van der Waals surface area contributed by atoms with E-state index in [2.05, 4.69) is 28.5 Å². The molecule has 2 rings (SSSR count). The predicted octanol–water partition coefficient (Wildman–Crippen LogP) is 2.03. The van der Waals surface area contributed by atoms with E-state index in [4.69, 9.17) is 0 Å². The number of hydrogen-bond acceptors (Lipinski definition) is 4. The van der Waals surface area contributed by atoms with Crippen LogP contribution in [-0.4, -0.2) is 21.9 Å². The monoisotopic (exact) mass is 225 g/mol. The third-order valence-electron chi connectivity index (χ3n) is 2.88. The molecule has 0 radical (unpaired) electrons. The van der Waals surface area contributed by atoms with Crippen LogP contribution in [0.5, 0.6) is 0 Å². The molecule has 3 nitrogen and oxygen atoms in total. The Hall–Kier alpha value is -0.480. The van der Waals surface area contributed by atoms with Crippen molar-refractivity contribution in [2.24, 2.45) is 5.92 Å². The highest BCUT2D eigenvalue weighted by Gasteiger charge is 2.31. The second-order valence-corrected chi connectivity index (χ2v) is 5.00. The predicted molar refractivity (Wildman–Crippen MR) is 63.2 cm³/mol. The molecule has 0 amide bonds. The lowest BCUT2D eigenvalue weighted by atomic mass is 10.1. The van der Waals surface area contributed by atoms with Gasteiger partial charge in [0.25, 0.3) is 0 Å². The molecule has 1 saturated carbocycles. The summed E-state index contributed by atoms with van der Waals surface area (Å²) in [6.45, 7) is 5.34. The maximum absolute atomic E-state index is 4.53. The Kier molecular flexibility index (Phi) is 3.70. The second-order valence-electron chi connectivity index (χ2n) is 4.16. The van der Waals surface area contributed by atoms with Gasteiger partial charge in [-0.05, 0) is 36.8 Å². The highest BCUT2D eigenvalue weighted by Crippen LogP contribution is 2.34. The van der Waals surface area contributed by atoms with E-state index >= 15 is 0 Å². The Morgan fingerprint density at radius 2 is 2.27 bits per heavy atom. The van der Waals surface area contributed by atoms with Gasteiger partial charge in [0.05, 0.1) is 0 Å². The summed E-state index contributed by atoms with van der Waals surface area (Å²) in [6, 6.07) is 0.632. The van der Waals surface area contributed by atoms with E-state index in [0.717, 1.165) is 31.1 Å². The summed E-state index contributed by atoms with van der Waals surface area (Å²) < 4.78 is 4.33. The van der Waals surface area contributed by atoms with Crippen LogP contribution >= 0.6 is 11.5 Å². The zero-order chi connectivity index (χ0) is 10.7. The van der Waals surface area contributed by atoms with Crippen LogP contribution in [0, 0.1) is 5.92 Å². The minimum atomic E-state index is 0.632. The van der Waals surface area contributed by atoms with Crippen molar-refractivity contribution in [1.29, 1.82) is 0 Å². The van der Waals surface area contributed by atoms with Gasteiger partial charge in [-0.25, -0.2) is 4.98 Å². The van der Waals surface area contributed by atoms with Crippen molar-refractivity contribution in [3.63, 3.8) is 0 Å². The zero-order valence-corrected chi connectivity index (χ0v) is 10.3. The van der Waals surface area contributed by atoms with Crippen LogP contribution in [-0.2, 0) is 12.8 Å². The minimum Gasteiger partial charge on any atom is -0.314 e. The smallest absolute Gasteiger partial charge is 0.142 e. The molecular formula is C11H19N3S. The lowest BCUT2D eigenvalue weighted by molar-refractivity contribution is 0.471. The summed E-state index contributed by atoms with van der Waals surface area (Å²) in [5.41, 5.74) is 0. The molecule has 1 aliphatic carbocycles. The standard InChI is InChI=1S/C11H19N3S/c1-3-10-13-11(15-14-10)7-9(12-4-2)8-5-6-8/h8-9,12H,3-7H2,1-2H3. The fourth-order valence-corrected chi connectivity index (χ4v) is 2.65. The fourth-order valence-electron chi connectivity index (χ4n) is 1.87. The Labute approximate surface area is 95.5 Å². The molecule has 1 N–H and O–H groups in total. The minimum absolute atomic E-state index is 0.632. The first kappa shape index (κ1) is 11.0. The van der Waals surface area contributed by atoms with Crippen molar-refractivity contribution in [1.82, 2.24) is 14.7 Å². The fraction of sp³-hybridized carbons (Fsp3) is 0.818. The van der Waals surface area contributed by atoms with Crippen LogP contribution in [0.4, 0.5) is 0 Å². The number of likely N-dealkylation sites (N-methyl/N-ethyl adjacent to an activating group) is 1. The van der Waals surface area contributed by atoms with Crippen molar-refractivity contribution in [2.45, 2.75) is 45.6 Å². The maximum Gasteiger partial charge on any atom is 0.142 e. The van der Waals surface area contributed by atoms with Crippen molar-refractivity contribution >= 4 is 11.5 Å². The molecule has 1 aromatic rings. The van der Waals surface area contributed by atoms with Gasteiger partial charge in [-0.3, -0.25) is 0 Å². The Morgan fingerprint density at radius 3 is 2.80 bits per heavy atom. The summed E-state index contributed by atoms with van der Waals surface area (Å²) in [6.07, 6.45) is 4.79. The van der Waals surface area contributed by atoms with Crippen LogP contribution < -0.4 is 5.32 Å². The summed E-state index contributed by atoms with van der Waals surface area (Å²) in [5, 5.41) is 4.76. The zero-order valence-electron chi connectivity index (χ0n) is 9.49. The molecule has 1 aromatic heterocycles. The molecule has 0 spiro atoms. The molecule has 1 heterocycles. The molecular weight excluding hydrogens is 206 g/mol. The number of aryl methyl sites for hydroxylation is 1. The van der Waals surface area contributed by atoms with Crippen LogP contribution in [0.3, 0.4) is 0 Å². The average molecular weight is 225 g/mol. The van der Waals surface area contributed by atoms with Gasteiger partial charge >= 0.3 is 0 Å². The lowest BCUT2D eigenvalue weighted by Gasteiger charge is -2.14. The van der Waals surface area contributed by atoms with Crippen LogP contribution in [0.25, 0.3) is 0 Å². The van der Waals surface area contributed by atoms with E-state index in [-0.39, 0.29) is 0 Å². The van der Waals surface area contributed by atoms with E-state index in [1.165, 1.54) is 17.8 Å². The third kappa shape index (κ3) is 2.98. The number of nitrogens with zero attached hydrogens (tertiary/aromatic N) is 2. The van der Waals surface area contributed by atoms with Crippen molar-refractivity contribution < 1.29 is 0 Å². The summed E-state index contributed by atoms with van der Waals surface area (Å²) in [7, 11) is 0. The van der Waals surface area contributed by atoms with Gasteiger partial charge in [-0.1, -0.05) is 13.8 Å². The molecule has 1 fully saturated rings. The van der Waals surface area contributed by atoms with Crippen LogP contribution in [0.15, 0.2) is 0 Å². The van der Waals surface area contributed by atoms with Gasteiger partial charge in [-0.15, -0.1) is 0 Å². The third-order valence-corrected chi connectivity index (χ3v) is 3.65. The van der Waals surface area contributed by atoms with Crippen molar-refractivity contribution in [3.05, 3.63) is 10.8 Å². The van der Waals surface area contributed by atoms with E-state index in [1.54, 1.807) is 11.5 Å². The highest BCUT2D eigenvalue weighted by atomic mass is 32.1. The van der Waals surface area contributed by atoms with Gasteiger partial charge < -0.3 is 5.32 Å². The molecule has 0 saturated heterocycles. The average Bonchev–Trinajstić information content (AvgIpc) is 2.99. The Bertz CT molecular complexity index is 307. The summed E-state index contributed by atoms with van der Waals surface area (Å²) in [5.74, 6) is 1.89. The van der Waals surface area contributed by atoms with Gasteiger partial charge in [0.2, 0.25) is 0 Å². The van der Waals surface area contributed by atoms with E-state index in [0.29, 0.717) is 6.04 Å². The number of rotatable bonds is 6. The molecule has 1 unspecified atom stereocenters. The van der Waals surface area contributed by atoms with E-state index in [1.807, 2.05) is 0 Å². The topological polar surface area (TPSA) is 37.8 Å². The van der Waals surface area contributed by atoms with Gasteiger partial charge in [0, 0.05) is 18.9 Å². The van der Waals surface area contributed by atoms with Gasteiger partial charge in [-0.2, -0.15) is 4.37 Å². The number of hydrogen-bond donors (Lipinski definition) is 1. The first-order valence-electron chi connectivity index (χ1n) is 5.88. The first-order valence-corrected chi connectivity index (χ1v) is 6.65. The largest absolute Gasteiger partial charge is 0.314 e. The quantitative estimate of drug-likeness (QED) is 0.805. The maximum atomic E-state index is 4.53. The molecule has 1 atom stereocenters. The Morgan fingerprint density at radius 1 is 1.47 bits per heavy atom. The SMILES string of the molecule is CCNC(Cc1nc(CC)ns1)C1CC1. The number of aromatic nitrogens is 2. The Balaban J connectivity index is 1.92. The van der Waals surface area contributed by atoms with Gasteiger partial charge in [0.1, 0.15) is 10.8 Å². The van der Waals surface area contributed by atoms with Gasteiger partial charge in [0.15, 0.2) is 0 Å². The molecule has 84 valence electrons. The van der Waals surface area contributed by atoms with Crippen LogP contribution in [0.1, 0.15) is 37.5 Å². The van der Waals surface area contributed by atoms with Crippen molar-refractivity contribution in [3.8, 4) is 0 Å². The van der Waals surface area contributed by atoms with E-state index in [9.17, 15) is 0 Å². The molecule has 0 bridgehead atoms. The van der Waals surface area contributed by atoms with Crippen molar-refractivity contribution in [2.75, 3.05) is 6.54 Å². The lowest BCUT2D eigenvalue weighted by Crippen LogP contribution is -2.32. The molecule has 4 heteroatoms. The van der Waals surface area contributed by atoms with E-state index < -0.39 is 0 Å². The molecule has 1 aliphatic rings. The van der Waals surface area contributed by atoms with Crippen LogP contribution in [0.2, 0.25) is 0 Å². The normalized spacial score (nSPS) is 18.0. The molecule has 0 aromatic carbocycles. The summed E-state index contributed by atoms with van der Waals surface area (Å²) >= 11 is 1.57. The summed E-state index contributed by atoms with van der Waals surface area (Å²) in [4.78, 5) is 4.53.